The number of anilines is 1. The molecular formula is C9H14F2N4OS. The molecule has 96 valence electrons. The zero-order valence-corrected chi connectivity index (χ0v) is 10.4. The van der Waals surface area contributed by atoms with Gasteiger partial charge in [0, 0.05) is 0 Å². The molecule has 1 unspecified atom stereocenters. The van der Waals surface area contributed by atoms with E-state index in [0.29, 0.717) is 17.8 Å². The lowest BCUT2D eigenvalue weighted by Gasteiger charge is -2.21. The van der Waals surface area contributed by atoms with Crippen molar-refractivity contribution in [3.8, 4) is 0 Å². The van der Waals surface area contributed by atoms with Crippen molar-refractivity contribution in [3.63, 3.8) is 0 Å². The summed E-state index contributed by atoms with van der Waals surface area (Å²) in [6.45, 7) is 3.49. The van der Waals surface area contributed by atoms with Crippen molar-refractivity contribution in [1.29, 1.82) is 0 Å². The van der Waals surface area contributed by atoms with Crippen LogP contribution in [0, 0.1) is 0 Å². The van der Waals surface area contributed by atoms with Gasteiger partial charge in [0.25, 0.3) is 6.43 Å². The van der Waals surface area contributed by atoms with Crippen LogP contribution in [0.15, 0.2) is 0 Å². The van der Waals surface area contributed by atoms with Crippen LogP contribution in [-0.2, 0) is 4.79 Å². The predicted molar refractivity (Wildman–Crippen MR) is 61.0 cm³/mol. The van der Waals surface area contributed by atoms with Crippen LogP contribution >= 0.6 is 11.3 Å². The van der Waals surface area contributed by atoms with E-state index in [9.17, 15) is 13.6 Å². The van der Waals surface area contributed by atoms with Gasteiger partial charge < -0.3 is 5.73 Å². The standard InChI is InChI=1S/C9H14F2N4OS/c1-3-4-9(2,12)7(16)13-8-15-14-6(17-8)5(10)11/h5H,3-4,12H2,1-2H3,(H,13,15,16). The van der Waals surface area contributed by atoms with E-state index in [4.69, 9.17) is 5.73 Å². The Bertz CT molecular complexity index is 394. The van der Waals surface area contributed by atoms with Gasteiger partial charge in [-0.3, -0.25) is 10.1 Å². The number of hydrogen-bond donors (Lipinski definition) is 2. The van der Waals surface area contributed by atoms with Crippen LogP contribution in [0.3, 0.4) is 0 Å². The highest BCUT2D eigenvalue weighted by atomic mass is 32.1. The number of hydrogen-bond acceptors (Lipinski definition) is 5. The van der Waals surface area contributed by atoms with Crippen LogP contribution in [0.1, 0.15) is 38.1 Å². The van der Waals surface area contributed by atoms with E-state index in [1.165, 1.54) is 0 Å². The third-order valence-electron chi connectivity index (χ3n) is 2.14. The average Bonchev–Trinajstić information content (AvgIpc) is 2.66. The molecule has 1 heterocycles. The number of nitrogens with zero attached hydrogens (tertiary/aromatic N) is 2. The number of carbonyl (C=O) groups excluding carboxylic acids is 1. The van der Waals surface area contributed by atoms with Crippen LogP contribution < -0.4 is 11.1 Å². The molecule has 0 aliphatic carbocycles. The molecule has 1 aromatic rings. The molecule has 5 nitrogen and oxygen atoms in total. The quantitative estimate of drug-likeness (QED) is 0.851. The van der Waals surface area contributed by atoms with Crippen molar-refractivity contribution in [2.45, 2.75) is 38.7 Å². The second-order valence-electron chi connectivity index (χ2n) is 3.87. The maximum atomic E-state index is 12.2. The number of carbonyl (C=O) groups is 1. The smallest absolute Gasteiger partial charge is 0.291 e. The molecular weight excluding hydrogens is 250 g/mol. The Kier molecular flexibility index (Phi) is 4.47. The number of nitrogens with one attached hydrogen (secondary N) is 1. The fraction of sp³-hybridized carbons (Fsp3) is 0.667. The molecule has 17 heavy (non-hydrogen) atoms. The molecule has 0 bridgehead atoms. The van der Waals surface area contributed by atoms with E-state index in [1.807, 2.05) is 6.92 Å². The molecule has 0 spiro atoms. The summed E-state index contributed by atoms with van der Waals surface area (Å²) in [6.07, 6.45) is -1.43. The first-order chi connectivity index (χ1) is 7.86. The summed E-state index contributed by atoms with van der Waals surface area (Å²) in [6, 6.07) is 0. The van der Waals surface area contributed by atoms with E-state index in [2.05, 4.69) is 15.5 Å². The SMILES string of the molecule is CCCC(C)(N)C(=O)Nc1nnc(C(F)F)s1. The first-order valence-electron chi connectivity index (χ1n) is 5.08. The molecule has 1 amide bonds. The number of aromatic nitrogens is 2. The van der Waals surface area contributed by atoms with E-state index in [-0.39, 0.29) is 5.13 Å². The Balaban J connectivity index is 2.67. The van der Waals surface area contributed by atoms with E-state index >= 15 is 0 Å². The highest BCUT2D eigenvalue weighted by Crippen LogP contribution is 2.25. The summed E-state index contributed by atoms with van der Waals surface area (Å²) in [4.78, 5) is 11.7. The summed E-state index contributed by atoms with van der Waals surface area (Å²) in [5.74, 6) is -0.448. The molecule has 0 fully saturated rings. The molecule has 0 saturated carbocycles. The number of alkyl halides is 2. The summed E-state index contributed by atoms with van der Waals surface area (Å²) in [7, 11) is 0. The summed E-state index contributed by atoms with van der Waals surface area (Å²) in [5, 5.41) is 8.72. The van der Waals surface area contributed by atoms with Crippen molar-refractivity contribution in [1.82, 2.24) is 10.2 Å². The van der Waals surface area contributed by atoms with Gasteiger partial charge in [-0.2, -0.15) is 0 Å². The predicted octanol–water partition coefficient (Wildman–Crippen LogP) is 1.93. The maximum Gasteiger partial charge on any atom is 0.291 e. The number of halogens is 2. The van der Waals surface area contributed by atoms with E-state index in [1.54, 1.807) is 6.92 Å². The Morgan fingerprint density at radius 1 is 1.59 bits per heavy atom. The first-order valence-corrected chi connectivity index (χ1v) is 5.90. The largest absolute Gasteiger partial charge is 0.318 e. The minimum Gasteiger partial charge on any atom is -0.318 e. The highest BCUT2D eigenvalue weighted by Gasteiger charge is 2.28. The van der Waals surface area contributed by atoms with Crippen molar-refractivity contribution >= 4 is 22.4 Å². The molecule has 8 heteroatoms. The number of amides is 1. The second-order valence-corrected chi connectivity index (χ2v) is 4.88. The van der Waals surface area contributed by atoms with Crippen LogP contribution in [0.4, 0.5) is 13.9 Å². The molecule has 1 rings (SSSR count). The number of rotatable bonds is 5. The third kappa shape index (κ3) is 3.67. The van der Waals surface area contributed by atoms with Crippen LogP contribution in [-0.4, -0.2) is 21.6 Å². The van der Waals surface area contributed by atoms with Gasteiger partial charge in [-0.15, -0.1) is 10.2 Å². The molecule has 0 saturated heterocycles. The fourth-order valence-electron chi connectivity index (χ4n) is 1.25. The van der Waals surface area contributed by atoms with Gasteiger partial charge >= 0.3 is 0 Å². The Morgan fingerprint density at radius 2 is 2.24 bits per heavy atom. The Morgan fingerprint density at radius 3 is 2.71 bits per heavy atom. The minimum absolute atomic E-state index is 0.0399. The van der Waals surface area contributed by atoms with Gasteiger partial charge in [0.2, 0.25) is 11.0 Å². The van der Waals surface area contributed by atoms with Crippen LogP contribution in [0.2, 0.25) is 0 Å². The molecule has 0 aliphatic heterocycles. The van der Waals surface area contributed by atoms with Crippen molar-refractivity contribution in [2.24, 2.45) is 5.73 Å². The normalized spacial score (nSPS) is 14.7. The van der Waals surface area contributed by atoms with Gasteiger partial charge in [0.05, 0.1) is 5.54 Å². The lowest BCUT2D eigenvalue weighted by Crippen LogP contribution is -2.48. The summed E-state index contributed by atoms with van der Waals surface area (Å²) >= 11 is 0.644. The minimum atomic E-state index is -2.68. The lowest BCUT2D eigenvalue weighted by molar-refractivity contribution is -0.120. The summed E-state index contributed by atoms with van der Waals surface area (Å²) in [5.41, 5.74) is 4.75. The summed E-state index contributed by atoms with van der Waals surface area (Å²) < 4.78 is 24.5. The first kappa shape index (κ1) is 13.9. The third-order valence-corrected chi connectivity index (χ3v) is 2.98. The van der Waals surface area contributed by atoms with Crippen LogP contribution in [0.5, 0.6) is 0 Å². The fourth-order valence-corrected chi connectivity index (χ4v) is 1.84. The van der Waals surface area contributed by atoms with Crippen molar-refractivity contribution < 1.29 is 13.6 Å². The zero-order valence-electron chi connectivity index (χ0n) is 9.54. The molecule has 3 N–H and O–H groups in total. The van der Waals surface area contributed by atoms with E-state index < -0.39 is 22.9 Å². The Labute approximate surface area is 101 Å². The molecule has 0 aliphatic rings. The molecule has 1 aromatic heterocycles. The van der Waals surface area contributed by atoms with Crippen molar-refractivity contribution in [3.05, 3.63) is 5.01 Å². The zero-order chi connectivity index (χ0) is 13.1. The lowest BCUT2D eigenvalue weighted by atomic mass is 9.97. The van der Waals surface area contributed by atoms with E-state index in [0.717, 1.165) is 6.42 Å². The number of nitrogens with two attached hydrogens (primary N) is 1. The molecule has 0 radical (unpaired) electrons. The van der Waals surface area contributed by atoms with Gasteiger partial charge in [0.15, 0.2) is 5.01 Å². The van der Waals surface area contributed by atoms with Crippen LogP contribution in [0.25, 0.3) is 0 Å². The average molecular weight is 264 g/mol. The topological polar surface area (TPSA) is 80.9 Å². The van der Waals surface area contributed by atoms with Gasteiger partial charge in [0.1, 0.15) is 0 Å². The maximum absolute atomic E-state index is 12.2. The molecule has 1 atom stereocenters. The highest BCUT2D eigenvalue weighted by molar-refractivity contribution is 7.15. The van der Waals surface area contributed by atoms with Crippen molar-refractivity contribution in [2.75, 3.05) is 5.32 Å². The second kappa shape index (κ2) is 5.46. The van der Waals surface area contributed by atoms with Gasteiger partial charge in [-0.1, -0.05) is 24.7 Å². The van der Waals surface area contributed by atoms with Gasteiger partial charge in [-0.05, 0) is 13.3 Å². The monoisotopic (exact) mass is 264 g/mol. The molecule has 0 aromatic carbocycles. The Hall–Kier alpha value is -1.15. The van der Waals surface area contributed by atoms with Gasteiger partial charge in [-0.25, -0.2) is 8.78 Å².